The van der Waals surface area contributed by atoms with Gasteiger partial charge in [0.1, 0.15) is 6.61 Å². The van der Waals surface area contributed by atoms with E-state index in [2.05, 4.69) is 45.9 Å². The number of rotatable bonds is 7. The molecule has 2 fully saturated rings. The van der Waals surface area contributed by atoms with E-state index < -0.39 is 12.1 Å². The van der Waals surface area contributed by atoms with Gasteiger partial charge in [-0.1, -0.05) is 60.7 Å². The van der Waals surface area contributed by atoms with Crippen molar-refractivity contribution in [2.75, 3.05) is 32.8 Å². The normalized spacial score (nSPS) is 22.6. The van der Waals surface area contributed by atoms with Gasteiger partial charge in [-0.05, 0) is 49.4 Å². The largest absolute Gasteiger partial charge is 0.356 e. The Morgan fingerprint density at radius 2 is 1.71 bits per heavy atom. The van der Waals surface area contributed by atoms with Gasteiger partial charge in [-0.3, -0.25) is 9.59 Å². The molecule has 2 atom stereocenters. The highest BCUT2D eigenvalue weighted by Gasteiger charge is 2.35. The van der Waals surface area contributed by atoms with Gasteiger partial charge in [0, 0.05) is 13.1 Å². The third-order valence-corrected chi connectivity index (χ3v) is 6.23. The molecule has 2 aliphatic rings. The molecule has 2 saturated heterocycles. The number of hydrogen-bond acceptors (Lipinski definition) is 4. The first-order chi connectivity index (χ1) is 15.2. The maximum atomic E-state index is 12.8. The van der Waals surface area contributed by atoms with E-state index in [1.165, 1.54) is 18.4 Å². The zero-order valence-corrected chi connectivity index (χ0v) is 17.8. The summed E-state index contributed by atoms with van der Waals surface area (Å²) in [6.07, 6.45) is 2.82. The van der Waals surface area contributed by atoms with Gasteiger partial charge in [-0.2, -0.15) is 0 Å². The number of morpholine rings is 1. The lowest BCUT2D eigenvalue weighted by molar-refractivity contribution is -0.148. The van der Waals surface area contributed by atoms with E-state index >= 15 is 0 Å². The van der Waals surface area contributed by atoms with Crippen LogP contribution < -0.4 is 10.6 Å². The molecule has 2 N–H and O–H groups in total. The first kappa shape index (κ1) is 21.5. The summed E-state index contributed by atoms with van der Waals surface area (Å²) in [6.45, 7) is 3.46. The molecule has 0 spiro atoms. The maximum absolute atomic E-state index is 12.8. The molecule has 2 aliphatic heterocycles. The van der Waals surface area contributed by atoms with Crippen LogP contribution in [-0.4, -0.2) is 55.6 Å². The molecule has 6 heteroatoms. The third kappa shape index (κ3) is 5.93. The van der Waals surface area contributed by atoms with E-state index in [1.54, 1.807) is 0 Å². The monoisotopic (exact) mass is 421 g/mol. The Bertz CT molecular complexity index is 851. The minimum atomic E-state index is -0.711. The average Bonchev–Trinajstić information content (AvgIpc) is 2.81. The van der Waals surface area contributed by atoms with Gasteiger partial charge in [-0.15, -0.1) is 0 Å². The van der Waals surface area contributed by atoms with Crippen molar-refractivity contribution in [3.63, 3.8) is 0 Å². The molecular weight excluding hydrogens is 390 g/mol. The first-order valence-corrected chi connectivity index (χ1v) is 11.2. The fourth-order valence-electron chi connectivity index (χ4n) is 4.50. The fraction of sp³-hybridized carbons (Fsp3) is 0.440. The highest BCUT2D eigenvalue weighted by atomic mass is 16.5. The molecule has 2 aromatic carbocycles. The summed E-state index contributed by atoms with van der Waals surface area (Å²) >= 11 is 0. The number of ether oxygens (including phenoxy) is 1. The second-order valence-electron chi connectivity index (χ2n) is 8.45. The van der Waals surface area contributed by atoms with Crippen LogP contribution in [0.15, 0.2) is 60.7 Å². The summed E-state index contributed by atoms with van der Waals surface area (Å²) < 4.78 is 5.59. The SMILES string of the molecule is O=C1CO[C@@H](C(=O)NCCN2CCC(Cc3ccccc3)CC2)[C@H](c2ccccc2)N1. The van der Waals surface area contributed by atoms with E-state index in [0.29, 0.717) is 6.54 Å². The molecule has 0 aliphatic carbocycles. The first-order valence-electron chi connectivity index (χ1n) is 11.2. The second-order valence-corrected chi connectivity index (χ2v) is 8.45. The molecule has 6 nitrogen and oxygen atoms in total. The number of nitrogens with zero attached hydrogens (tertiary/aromatic N) is 1. The minimum absolute atomic E-state index is 0.0870. The number of piperidine rings is 1. The van der Waals surface area contributed by atoms with Crippen LogP contribution in [0.3, 0.4) is 0 Å². The van der Waals surface area contributed by atoms with Crippen LogP contribution in [0.1, 0.15) is 30.0 Å². The average molecular weight is 422 g/mol. The van der Waals surface area contributed by atoms with Gasteiger partial charge in [0.15, 0.2) is 6.10 Å². The van der Waals surface area contributed by atoms with E-state index in [0.717, 1.165) is 37.5 Å². The Balaban J connectivity index is 1.21. The molecule has 0 aromatic heterocycles. The van der Waals surface area contributed by atoms with E-state index in [9.17, 15) is 9.59 Å². The summed E-state index contributed by atoms with van der Waals surface area (Å²) in [7, 11) is 0. The number of carbonyl (C=O) groups is 2. The molecule has 164 valence electrons. The summed E-state index contributed by atoms with van der Waals surface area (Å²) in [4.78, 5) is 27.0. The maximum Gasteiger partial charge on any atom is 0.251 e. The van der Waals surface area contributed by atoms with Crippen LogP contribution >= 0.6 is 0 Å². The van der Waals surface area contributed by atoms with Crippen molar-refractivity contribution in [3.8, 4) is 0 Å². The fourth-order valence-corrected chi connectivity index (χ4v) is 4.50. The topological polar surface area (TPSA) is 70.7 Å². The molecule has 31 heavy (non-hydrogen) atoms. The van der Waals surface area contributed by atoms with Crippen molar-refractivity contribution in [1.82, 2.24) is 15.5 Å². The molecule has 2 heterocycles. The Labute approximate surface area is 184 Å². The molecule has 0 saturated carbocycles. The number of carbonyl (C=O) groups excluding carboxylic acids is 2. The lowest BCUT2D eigenvalue weighted by Crippen LogP contribution is -2.53. The summed E-state index contributed by atoms with van der Waals surface area (Å²) in [5.41, 5.74) is 2.29. The van der Waals surface area contributed by atoms with Gasteiger partial charge in [0.2, 0.25) is 5.91 Å². The van der Waals surface area contributed by atoms with Gasteiger partial charge in [0.25, 0.3) is 5.91 Å². The lowest BCUT2D eigenvalue weighted by atomic mass is 9.90. The quantitative estimate of drug-likeness (QED) is 0.720. The van der Waals surface area contributed by atoms with Crippen LogP contribution in [-0.2, 0) is 20.7 Å². The van der Waals surface area contributed by atoms with Crippen LogP contribution in [0.25, 0.3) is 0 Å². The van der Waals surface area contributed by atoms with Crippen LogP contribution in [0.2, 0.25) is 0 Å². The molecule has 0 unspecified atom stereocenters. The number of nitrogens with one attached hydrogen (secondary N) is 2. The number of benzene rings is 2. The molecule has 2 aromatic rings. The minimum Gasteiger partial charge on any atom is -0.356 e. The Kier molecular flexibility index (Phi) is 7.33. The predicted octanol–water partition coefficient (Wildman–Crippen LogP) is 2.31. The molecular formula is C25H31N3O3. The van der Waals surface area contributed by atoms with Crippen LogP contribution in [0.5, 0.6) is 0 Å². The van der Waals surface area contributed by atoms with Gasteiger partial charge >= 0.3 is 0 Å². The van der Waals surface area contributed by atoms with Crippen molar-refractivity contribution >= 4 is 11.8 Å². The van der Waals surface area contributed by atoms with Crippen molar-refractivity contribution in [1.29, 1.82) is 0 Å². The smallest absolute Gasteiger partial charge is 0.251 e. The Morgan fingerprint density at radius 1 is 1.03 bits per heavy atom. The number of likely N-dealkylation sites (tertiary alicyclic amines) is 1. The van der Waals surface area contributed by atoms with Crippen molar-refractivity contribution < 1.29 is 14.3 Å². The van der Waals surface area contributed by atoms with Gasteiger partial charge in [-0.25, -0.2) is 0 Å². The number of hydrogen-bond donors (Lipinski definition) is 2. The molecule has 0 radical (unpaired) electrons. The molecule has 4 rings (SSSR count). The summed E-state index contributed by atoms with van der Waals surface area (Å²) in [5.74, 6) is 0.364. The van der Waals surface area contributed by atoms with E-state index in [1.807, 2.05) is 30.3 Å². The Hall–Kier alpha value is -2.70. The zero-order valence-electron chi connectivity index (χ0n) is 17.8. The standard InChI is InChI=1S/C25H31N3O3/c29-22-18-31-24(23(27-22)21-9-5-2-6-10-21)25(30)26-13-16-28-14-11-20(12-15-28)17-19-7-3-1-4-8-19/h1-10,20,23-24H,11-18H2,(H,26,30)(H,27,29)/t23-,24+/m0/s1. The summed E-state index contributed by atoms with van der Waals surface area (Å²) in [5, 5.41) is 5.90. The molecule has 2 amide bonds. The van der Waals surface area contributed by atoms with Crippen molar-refractivity contribution in [3.05, 3.63) is 71.8 Å². The third-order valence-electron chi connectivity index (χ3n) is 6.23. The molecule has 0 bridgehead atoms. The summed E-state index contributed by atoms with van der Waals surface area (Å²) in [6, 6.07) is 19.7. The highest BCUT2D eigenvalue weighted by Crippen LogP contribution is 2.23. The zero-order chi connectivity index (χ0) is 21.5. The van der Waals surface area contributed by atoms with E-state index in [-0.39, 0.29) is 18.4 Å². The predicted molar refractivity (Wildman–Crippen MR) is 119 cm³/mol. The second kappa shape index (κ2) is 10.6. The van der Waals surface area contributed by atoms with Crippen molar-refractivity contribution in [2.45, 2.75) is 31.4 Å². The van der Waals surface area contributed by atoms with Gasteiger partial charge in [0.05, 0.1) is 6.04 Å². The van der Waals surface area contributed by atoms with Gasteiger partial charge < -0.3 is 20.3 Å². The van der Waals surface area contributed by atoms with E-state index in [4.69, 9.17) is 4.74 Å². The highest BCUT2D eigenvalue weighted by molar-refractivity contribution is 5.86. The van der Waals surface area contributed by atoms with Crippen LogP contribution in [0.4, 0.5) is 0 Å². The lowest BCUT2D eigenvalue weighted by Gasteiger charge is -2.33. The number of amides is 2. The van der Waals surface area contributed by atoms with Crippen LogP contribution in [0, 0.1) is 5.92 Å². The van der Waals surface area contributed by atoms with Crippen molar-refractivity contribution in [2.24, 2.45) is 5.92 Å². The Morgan fingerprint density at radius 3 is 2.42 bits per heavy atom.